The zero-order valence-electron chi connectivity index (χ0n) is 6.30. The van der Waals surface area contributed by atoms with E-state index in [9.17, 15) is 9.59 Å². The third-order valence-electron chi connectivity index (χ3n) is 2.81. The molecule has 2 fully saturated rings. The van der Waals surface area contributed by atoms with Crippen molar-refractivity contribution >= 4 is 34.8 Å². The van der Waals surface area contributed by atoms with Gasteiger partial charge in [0.25, 0.3) is 0 Å². The monoisotopic (exact) mass is 206 g/mol. The zero-order chi connectivity index (χ0) is 8.88. The van der Waals surface area contributed by atoms with Crippen LogP contribution in [0.3, 0.4) is 0 Å². The number of alkyl halides is 2. The van der Waals surface area contributed by atoms with E-state index < -0.39 is 10.8 Å². The summed E-state index contributed by atoms with van der Waals surface area (Å²) >= 11 is 11.4. The number of rotatable bonds is 0. The number of halogens is 2. The normalized spacial score (nSPS) is 46.8. The van der Waals surface area contributed by atoms with Crippen molar-refractivity contribution < 1.29 is 9.59 Å². The molecular formula is C8H8Cl2O2. The van der Waals surface area contributed by atoms with Crippen molar-refractivity contribution in [3.05, 3.63) is 0 Å². The van der Waals surface area contributed by atoms with Crippen LogP contribution < -0.4 is 0 Å². The standard InChI is InChI=1S/C8H8Cl2O2/c9-5-6(10)8(12)4-2-1-3(4)7(5)11/h3-6H,1-2H2. The van der Waals surface area contributed by atoms with E-state index in [1.807, 2.05) is 0 Å². The summed E-state index contributed by atoms with van der Waals surface area (Å²) in [6.07, 6.45) is 1.62. The summed E-state index contributed by atoms with van der Waals surface area (Å²) in [6, 6.07) is 0. The Hall–Kier alpha value is -0.0800. The number of ketones is 2. The summed E-state index contributed by atoms with van der Waals surface area (Å²) in [4.78, 5) is 22.7. The van der Waals surface area contributed by atoms with Crippen LogP contribution in [0.5, 0.6) is 0 Å². The first-order chi connectivity index (χ1) is 5.63. The van der Waals surface area contributed by atoms with Crippen molar-refractivity contribution in [2.45, 2.75) is 23.6 Å². The second-order valence-corrected chi connectivity index (χ2v) is 4.34. The molecule has 0 aliphatic heterocycles. The molecule has 0 aromatic rings. The Bertz CT molecular complexity index is 213. The number of fused-ring (bicyclic) bond motifs is 1. The molecular weight excluding hydrogens is 199 g/mol. The van der Waals surface area contributed by atoms with Crippen LogP contribution in [-0.2, 0) is 9.59 Å². The van der Waals surface area contributed by atoms with Crippen LogP contribution in [0.25, 0.3) is 0 Å². The highest BCUT2D eigenvalue weighted by atomic mass is 35.5. The molecule has 4 heteroatoms. The Kier molecular flexibility index (Phi) is 1.92. The molecule has 66 valence electrons. The summed E-state index contributed by atoms with van der Waals surface area (Å²) in [5.41, 5.74) is 0. The molecule has 2 aliphatic rings. The van der Waals surface area contributed by atoms with Crippen molar-refractivity contribution in [3.63, 3.8) is 0 Å². The maximum absolute atomic E-state index is 11.4. The lowest BCUT2D eigenvalue weighted by molar-refractivity contribution is -0.142. The lowest BCUT2D eigenvalue weighted by Gasteiger charge is -2.41. The van der Waals surface area contributed by atoms with Gasteiger partial charge in [0.05, 0.1) is 0 Å². The van der Waals surface area contributed by atoms with Crippen LogP contribution >= 0.6 is 23.2 Å². The van der Waals surface area contributed by atoms with E-state index >= 15 is 0 Å². The fourth-order valence-corrected chi connectivity index (χ4v) is 2.45. The van der Waals surface area contributed by atoms with E-state index in [1.165, 1.54) is 0 Å². The van der Waals surface area contributed by atoms with Crippen LogP contribution in [0.2, 0.25) is 0 Å². The number of carbonyl (C=O) groups excluding carboxylic acids is 2. The van der Waals surface area contributed by atoms with Crippen molar-refractivity contribution in [1.29, 1.82) is 0 Å². The molecule has 0 amide bonds. The molecule has 0 saturated heterocycles. The molecule has 2 saturated carbocycles. The quantitative estimate of drug-likeness (QED) is 0.562. The maximum atomic E-state index is 11.4. The second kappa shape index (κ2) is 2.71. The summed E-state index contributed by atoms with van der Waals surface area (Å²) in [7, 11) is 0. The van der Waals surface area contributed by atoms with Gasteiger partial charge in [0.2, 0.25) is 0 Å². The van der Waals surface area contributed by atoms with Crippen molar-refractivity contribution in [3.8, 4) is 0 Å². The van der Waals surface area contributed by atoms with Crippen LogP contribution in [0, 0.1) is 11.8 Å². The SMILES string of the molecule is O=C1C(Cl)C(Cl)C(=O)C2CCC12. The van der Waals surface area contributed by atoms with Crippen LogP contribution in [0.1, 0.15) is 12.8 Å². The molecule has 0 spiro atoms. The Balaban J connectivity index is 2.25. The molecule has 2 nitrogen and oxygen atoms in total. The van der Waals surface area contributed by atoms with Crippen LogP contribution in [0.15, 0.2) is 0 Å². The van der Waals surface area contributed by atoms with Crippen LogP contribution in [0.4, 0.5) is 0 Å². The van der Waals surface area contributed by atoms with Crippen LogP contribution in [-0.4, -0.2) is 22.3 Å². The van der Waals surface area contributed by atoms with Gasteiger partial charge in [-0.25, -0.2) is 0 Å². The first-order valence-corrected chi connectivity index (χ1v) is 4.86. The second-order valence-electron chi connectivity index (χ2n) is 3.40. The summed E-state index contributed by atoms with van der Waals surface area (Å²) in [6.45, 7) is 0. The molecule has 0 aromatic carbocycles. The molecule has 2 aliphatic carbocycles. The number of Topliss-reactive ketones (excluding diaryl/α,β-unsaturated/α-hetero) is 2. The van der Waals surface area contributed by atoms with Gasteiger partial charge in [-0.15, -0.1) is 23.2 Å². The largest absolute Gasteiger partial charge is 0.298 e. The number of carbonyl (C=O) groups is 2. The van der Waals surface area contributed by atoms with Gasteiger partial charge >= 0.3 is 0 Å². The zero-order valence-corrected chi connectivity index (χ0v) is 7.81. The summed E-state index contributed by atoms with van der Waals surface area (Å²) in [5, 5.41) is -1.58. The van der Waals surface area contributed by atoms with Gasteiger partial charge in [-0.05, 0) is 12.8 Å². The predicted molar refractivity (Wildman–Crippen MR) is 45.5 cm³/mol. The van der Waals surface area contributed by atoms with Gasteiger partial charge in [-0.1, -0.05) is 0 Å². The van der Waals surface area contributed by atoms with Crippen molar-refractivity contribution in [2.24, 2.45) is 11.8 Å². The Morgan fingerprint density at radius 1 is 0.917 bits per heavy atom. The Morgan fingerprint density at radius 2 is 1.25 bits per heavy atom. The fourth-order valence-electron chi connectivity index (χ4n) is 1.88. The molecule has 0 bridgehead atoms. The number of hydrogen-bond donors (Lipinski definition) is 0. The van der Waals surface area contributed by atoms with E-state index in [2.05, 4.69) is 0 Å². The van der Waals surface area contributed by atoms with E-state index in [1.54, 1.807) is 0 Å². The van der Waals surface area contributed by atoms with E-state index in [0.717, 1.165) is 12.8 Å². The highest BCUT2D eigenvalue weighted by Crippen LogP contribution is 2.43. The highest BCUT2D eigenvalue weighted by molar-refractivity contribution is 6.45. The topological polar surface area (TPSA) is 34.1 Å². The molecule has 2 rings (SSSR count). The lowest BCUT2D eigenvalue weighted by atomic mass is 9.64. The molecule has 0 N–H and O–H groups in total. The van der Waals surface area contributed by atoms with Gasteiger partial charge in [0.15, 0.2) is 11.6 Å². The fraction of sp³-hybridized carbons (Fsp3) is 0.750. The summed E-state index contributed by atoms with van der Waals surface area (Å²) < 4.78 is 0. The average Bonchev–Trinajstić information content (AvgIpc) is 1.97. The molecule has 12 heavy (non-hydrogen) atoms. The maximum Gasteiger partial charge on any atom is 0.156 e. The molecule has 4 unspecified atom stereocenters. The summed E-state index contributed by atoms with van der Waals surface area (Å²) in [5.74, 6) is -0.301. The van der Waals surface area contributed by atoms with E-state index in [0.29, 0.717) is 0 Å². The van der Waals surface area contributed by atoms with Gasteiger partial charge in [-0.3, -0.25) is 9.59 Å². The van der Waals surface area contributed by atoms with Gasteiger partial charge in [0, 0.05) is 11.8 Å². The third kappa shape index (κ3) is 0.944. The average molecular weight is 207 g/mol. The van der Waals surface area contributed by atoms with E-state index in [4.69, 9.17) is 23.2 Å². The Labute approximate surface area is 80.2 Å². The predicted octanol–water partition coefficient (Wildman–Crippen LogP) is 1.38. The minimum Gasteiger partial charge on any atom is -0.298 e. The highest BCUT2D eigenvalue weighted by Gasteiger charge is 2.52. The molecule has 0 heterocycles. The van der Waals surface area contributed by atoms with E-state index in [-0.39, 0.29) is 23.4 Å². The van der Waals surface area contributed by atoms with Gasteiger partial charge in [0.1, 0.15) is 10.8 Å². The first-order valence-electron chi connectivity index (χ1n) is 3.98. The van der Waals surface area contributed by atoms with Gasteiger partial charge in [-0.2, -0.15) is 0 Å². The third-order valence-corrected chi connectivity index (χ3v) is 3.87. The smallest absolute Gasteiger partial charge is 0.156 e. The lowest BCUT2D eigenvalue weighted by Crippen LogP contribution is -2.53. The molecule has 0 radical (unpaired) electrons. The number of hydrogen-bond acceptors (Lipinski definition) is 2. The minimum atomic E-state index is -0.791. The molecule has 0 aromatic heterocycles. The van der Waals surface area contributed by atoms with Crippen molar-refractivity contribution in [1.82, 2.24) is 0 Å². The van der Waals surface area contributed by atoms with Crippen molar-refractivity contribution in [2.75, 3.05) is 0 Å². The Morgan fingerprint density at radius 3 is 1.50 bits per heavy atom. The van der Waals surface area contributed by atoms with Gasteiger partial charge < -0.3 is 0 Å². The first kappa shape index (κ1) is 8.52. The molecule has 4 atom stereocenters. The minimum absolute atomic E-state index is 0.0347.